The summed E-state index contributed by atoms with van der Waals surface area (Å²) in [6.45, 7) is 3.15. The predicted octanol–water partition coefficient (Wildman–Crippen LogP) is 2.58. The van der Waals surface area contributed by atoms with E-state index in [4.69, 9.17) is 10.8 Å². The summed E-state index contributed by atoms with van der Waals surface area (Å²) in [5, 5.41) is 4.75. The fraction of sp³-hybridized carbons (Fsp3) is 0.769. The Balaban J connectivity index is 1.81. The van der Waals surface area contributed by atoms with Gasteiger partial charge in [0.2, 0.25) is 0 Å². The molecule has 3 nitrogen and oxygen atoms in total. The molecule has 1 atom stereocenters. The molecule has 1 aromatic heterocycles. The summed E-state index contributed by atoms with van der Waals surface area (Å²) in [6.07, 6.45) is 6.78. The Hall–Kier alpha value is -0.830. The van der Waals surface area contributed by atoms with Crippen LogP contribution in [0.1, 0.15) is 62.4 Å². The van der Waals surface area contributed by atoms with Crippen LogP contribution in [-0.4, -0.2) is 9.78 Å². The monoisotopic (exact) mass is 219 g/mol. The van der Waals surface area contributed by atoms with Crippen molar-refractivity contribution in [3.05, 3.63) is 17.5 Å². The van der Waals surface area contributed by atoms with Crippen molar-refractivity contribution in [2.24, 2.45) is 11.7 Å². The smallest absolute Gasteiger partial charge is 0.0659 e. The number of hydrogen-bond donors (Lipinski definition) is 1. The fourth-order valence-corrected chi connectivity index (χ4v) is 2.46. The van der Waals surface area contributed by atoms with Gasteiger partial charge >= 0.3 is 0 Å². The molecule has 88 valence electrons. The largest absolute Gasteiger partial charge is 0.323 e. The van der Waals surface area contributed by atoms with Crippen LogP contribution in [0.3, 0.4) is 0 Å². The molecule has 2 aliphatic rings. The van der Waals surface area contributed by atoms with Gasteiger partial charge in [-0.2, -0.15) is 5.10 Å². The molecular weight excluding hydrogens is 198 g/mol. The quantitative estimate of drug-likeness (QED) is 0.845. The number of rotatable bonds is 4. The van der Waals surface area contributed by atoms with E-state index >= 15 is 0 Å². The van der Waals surface area contributed by atoms with Crippen molar-refractivity contribution in [2.75, 3.05) is 0 Å². The Morgan fingerprint density at radius 1 is 1.44 bits per heavy atom. The zero-order chi connectivity index (χ0) is 11.1. The molecule has 3 heteroatoms. The van der Waals surface area contributed by atoms with Gasteiger partial charge in [-0.1, -0.05) is 6.42 Å². The van der Waals surface area contributed by atoms with Crippen LogP contribution in [0, 0.1) is 5.92 Å². The highest BCUT2D eigenvalue weighted by Crippen LogP contribution is 2.40. The lowest BCUT2D eigenvalue weighted by Crippen LogP contribution is -2.22. The van der Waals surface area contributed by atoms with Gasteiger partial charge in [0.1, 0.15) is 0 Å². The van der Waals surface area contributed by atoms with Crippen LogP contribution in [0.25, 0.3) is 0 Å². The van der Waals surface area contributed by atoms with E-state index in [1.807, 2.05) is 0 Å². The van der Waals surface area contributed by atoms with Crippen molar-refractivity contribution in [3.8, 4) is 0 Å². The first-order valence-corrected chi connectivity index (χ1v) is 6.57. The Labute approximate surface area is 97.0 Å². The average Bonchev–Trinajstić information content (AvgIpc) is 2.93. The molecule has 16 heavy (non-hydrogen) atoms. The maximum absolute atomic E-state index is 6.02. The summed E-state index contributed by atoms with van der Waals surface area (Å²) in [7, 11) is 0. The SMILES string of the molecule is C[C@@H](N)c1cc(C2CC2)nn1CC1CCC1. The molecule has 0 amide bonds. The average molecular weight is 219 g/mol. The third kappa shape index (κ3) is 1.88. The van der Waals surface area contributed by atoms with Crippen molar-refractivity contribution in [3.63, 3.8) is 0 Å². The second kappa shape index (κ2) is 3.88. The van der Waals surface area contributed by atoms with Crippen molar-refractivity contribution in [2.45, 2.75) is 57.5 Å². The van der Waals surface area contributed by atoms with Crippen LogP contribution >= 0.6 is 0 Å². The number of hydrogen-bond acceptors (Lipinski definition) is 2. The minimum atomic E-state index is 0.111. The van der Waals surface area contributed by atoms with E-state index in [1.165, 1.54) is 43.5 Å². The van der Waals surface area contributed by atoms with E-state index in [0.29, 0.717) is 0 Å². The van der Waals surface area contributed by atoms with Crippen LogP contribution < -0.4 is 5.73 Å². The van der Waals surface area contributed by atoms with E-state index < -0.39 is 0 Å². The first kappa shape index (κ1) is 10.3. The second-order valence-electron chi connectivity index (χ2n) is 5.54. The molecule has 0 bridgehead atoms. The topological polar surface area (TPSA) is 43.8 Å². The van der Waals surface area contributed by atoms with E-state index in [-0.39, 0.29) is 6.04 Å². The summed E-state index contributed by atoms with van der Waals surface area (Å²) in [4.78, 5) is 0. The molecule has 2 N–H and O–H groups in total. The van der Waals surface area contributed by atoms with Gasteiger partial charge in [0.25, 0.3) is 0 Å². The minimum Gasteiger partial charge on any atom is -0.323 e. The van der Waals surface area contributed by atoms with Gasteiger partial charge in [-0.05, 0) is 44.6 Å². The molecule has 0 radical (unpaired) electrons. The molecule has 0 aromatic carbocycles. The normalized spacial score (nSPS) is 23.1. The Bertz CT molecular complexity index is 373. The van der Waals surface area contributed by atoms with Crippen molar-refractivity contribution < 1.29 is 0 Å². The third-order valence-electron chi connectivity index (χ3n) is 3.95. The zero-order valence-electron chi connectivity index (χ0n) is 10.0. The summed E-state index contributed by atoms with van der Waals surface area (Å²) < 4.78 is 2.18. The summed E-state index contributed by atoms with van der Waals surface area (Å²) >= 11 is 0. The summed E-state index contributed by atoms with van der Waals surface area (Å²) in [5.41, 5.74) is 8.54. The molecule has 2 saturated carbocycles. The van der Waals surface area contributed by atoms with Crippen LogP contribution in [0.15, 0.2) is 6.07 Å². The highest BCUT2D eigenvalue weighted by Gasteiger charge is 2.28. The molecule has 0 saturated heterocycles. The number of nitrogens with two attached hydrogens (primary N) is 1. The number of nitrogens with zero attached hydrogens (tertiary/aromatic N) is 2. The fourth-order valence-electron chi connectivity index (χ4n) is 2.46. The first-order valence-electron chi connectivity index (χ1n) is 6.57. The van der Waals surface area contributed by atoms with E-state index in [2.05, 4.69) is 17.7 Å². The molecule has 2 aliphatic carbocycles. The summed E-state index contributed by atoms with van der Waals surface area (Å²) in [5.74, 6) is 1.59. The van der Waals surface area contributed by atoms with Crippen LogP contribution in [-0.2, 0) is 6.54 Å². The summed E-state index contributed by atoms with van der Waals surface area (Å²) in [6, 6.07) is 2.35. The van der Waals surface area contributed by atoms with Gasteiger partial charge in [-0.25, -0.2) is 0 Å². The van der Waals surface area contributed by atoms with Gasteiger partial charge < -0.3 is 5.73 Å². The maximum Gasteiger partial charge on any atom is 0.0659 e. The molecule has 0 aliphatic heterocycles. The predicted molar refractivity (Wildman–Crippen MR) is 64.1 cm³/mol. The van der Waals surface area contributed by atoms with Crippen molar-refractivity contribution >= 4 is 0 Å². The van der Waals surface area contributed by atoms with Crippen LogP contribution in [0.2, 0.25) is 0 Å². The van der Waals surface area contributed by atoms with E-state index in [9.17, 15) is 0 Å². The second-order valence-corrected chi connectivity index (χ2v) is 5.54. The maximum atomic E-state index is 6.02. The molecule has 2 fully saturated rings. The Morgan fingerprint density at radius 2 is 2.19 bits per heavy atom. The standard InChI is InChI=1S/C13H21N3/c1-9(14)13-7-12(11-5-6-11)15-16(13)8-10-3-2-4-10/h7,9-11H,2-6,8,14H2,1H3/t9-/m1/s1. The first-order chi connectivity index (χ1) is 7.74. The van der Waals surface area contributed by atoms with Gasteiger partial charge in [-0.3, -0.25) is 4.68 Å². The van der Waals surface area contributed by atoms with E-state index in [1.54, 1.807) is 0 Å². The molecule has 0 spiro atoms. The molecule has 0 unspecified atom stereocenters. The Morgan fingerprint density at radius 3 is 2.69 bits per heavy atom. The van der Waals surface area contributed by atoms with Gasteiger partial charge in [0.05, 0.1) is 11.4 Å². The van der Waals surface area contributed by atoms with Gasteiger partial charge in [0, 0.05) is 18.5 Å². The lowest BCUT2D eigenvalue weighted by Gasteiger charge is -2.26. The lowest BCUT2D eigenvalue weighted by molar-refractivity contribution is 0.261. The number of aromatic nitrogens is 2. The van der Waals surface area contributed by atoms with Crippen molar-refractivity contribution in [1.29, 1.82) is 0 Å². The highest BCUT2D eigenvalue weighted by atomic mass is 15.3. The van der Waals surface area contributed by atoms with Crippen LogP contribution in [0.5, 0.6) is 0 Å². The molecular formula is C13H21N3. The van der Waals surface area contributed by atoms with Crippen molar-refractivity contribution in [1.82, 2.24) is 9.78 Å². The Kier molecular flexibility index (Phi) is 2.51. The third-order valence-corrected chi connectivity index (χ3v) is 3.95. The minimum absolute atomic E-state index is 0.111. The van der Waals surface area contributed by atoms with Gasteiger partial charge in [0.15, 0.2) is 0 Å². The molecule has 3 rings (SSSR count). The lowest BCUT2D eigenvalue weighted by atomic mass is 9.85. The van der Waals surface area contributed by atoms with E-state index in [0.717, 1.165) is 18.4 Å². The highest BCUT2D eigenvalue weighted by molar-refractivity contribution is 5.20. The van der Waals surface area contributed by atoms with Gasteiger partial charge in [-0.15, -0.1) is 0 Å². The molecule has 1 aromatic rings. The zero-order valence-corrected chi connectivity index (χ0v) is 10.0. The van der Waals surface area contributed by atoms with Crippen LogP contribution in [0.4, 0.5) is 0 Å². The molecule has 1 heterocycles.